The molecule has 0 unspecified atom stereocenters. The molecule has 0 spiro atoms. The number of carbonyl (C=O) groups excluding carboxylic acids is 1. The van der Waals surface area contributed by atoms with Crippen molar-refractivity contribution in [1.82, 2.24) is 9.78 Å². The number of aryl methyl sites for hydroxylation is 1. The molecule has 0 radical (unpaired) electrons. The van der Waals surface area contributed by atoms with E-state index >= 15 is 0 Å². The number of rotatable bonds is 7. The third-order valence-corrected chi connectivity index (χ3v) is 3.72. The van der Waals surface area contributed by atoms with Gasteiger partial charge in [-0.15, -0.1) is 0 Å². The predicted octanol–water partition coefficient (Wildman–Crippen LogP) is 3.59. The molecule has 0 amide bonds. The molecule has 3 aromatic rings. The first kappa shape index (κ1) is 16.0. The van der Waals surface area contributed by atoms with Gasteiger partial charge in [0.05, 0.1) is 24.9 Å². The number of hydrogen-bond donors (Lipinski definition) is 0. The number of aromatic nitrogens is 2. The summed E-state index contributed by atoms with van der Waals surface area (Å²) in [5.74, 6) is -0.212. The summed E-state index contributed by atoms with van der Waals surface area (Å²) < 4.78 is 7.07. The lowest BCUT2D eigenvalue weighted by Crippen LogP contribution is -2.09. The fourth-order valence-electron chi connectivity index (χ4n) is 2.50. The molecule has 2 aromatic carbocycles. The highest BCUT2D eigenvalue weighted by Gasteiger charge is 2.08. The number of hydrogen-bond acceptors (Lipinski definition) is 3. The highest BCUT2D eigenvalue weighted by molar-refractivity contribution is 5.72. The molecular formula is C20H20N2O2. The number of benzene rings is 2. The highest BCUT2D eigenvalue weighted by Crippen LogP contribution is 2.09. The molecule has 0 aliphatic heterocycles. The predicted molar refractivity (Wildman–Crippen MR) is 93.0 cm³/mol. The van der Waals surface area contributed by atoms with Crippen molar-refractivity contribution >= 4 is 5.97 Å². The second-order valence-electron chi connectivity index (χ2n) is 5.62. The van der Waals surface area contributed by atoms with Gasteiger partial charge in [0, 0.05) is 11.8 Å². The molecule has 0 fully saturated rings. The van der Waals surface area contributed by atoms with Crippen LogP contribution in [0.15, 0.2) is 73.1 Å². The summed E-state index contributed by atoms with van der Waals surface area (Å²) in [6.07, 6.45) is 5.57. The Balaban J connectivity index is 1.43. The van der Waals surface area contributed by atoms with Gasteiger partial charge in [-0.2, -0.15) is 5.10 Å². The minimum Gasteiger partial charge on any atom is -0.465 e. The van der Waals surface area contributed by atoms with E-state index in [1.807, 2.05) is 54.7 Å². The monoisotopic (exact) mass is 320 g/mol. The molecule has 3 rings (SSSR count). The molecule has 4 heteroatoms. The number of esters is 1. The van der Waals surface area contributed by atoms with E-state index in [9.17, 15) is 4.79 Å². The molecule has 0 saturated heterocycles. The fraction of sp³-hybridized carbons (Fsp3) is 0.200. The molecule has 1 aromatic heterocycles. The molecular weight excluding hydrogens is 300 g/mol. The average molecular weight is 320 g/mol. The summed E-state index contributed by atoms with van der Waals surface area (Å²) in [7, 11) is 0. The number of nitrogens with zero attached hydrogens (tertiary/aromatic N) is 2. The smallest absolute Gasteiger partial charge is 0.310 e. The lowest BCUT2D eigenvalue weighted by Gasteiger charge is -2.04. The first-order chi connectivity index (χ1) is 11.8. The quantitative estimate of drug-likeness (QED) is 0.493. The van der Waals surface area contributed by atoms with E-state index in [2.05, 4.69) is 17.2 Å². The van der Waals surface area contributed by atoms with Crippen molar-refractivity contribution in [2.45, 2.75) is 19.3 Å². The highest BCUT2D eigenvalue weighted by atomic mass is 16.5. The molecule has 0 aliphatic rings. The van der Waals surface area contributed by atoms with Crippen LogP contribution in [0, 0.1) is 0 Å². The van der Waals surface area contributed by atoms with Gasteiger partial charge in [0.25, 0.3) is 0 Å². The number of carbonyl (C=O) groups is 1. The Morgan fingerprint density at radius 1 is 0.958 bits per heavy atom. The maximum absolute atomic E-state index is 11.9. The molecule has 122 valence electrons. The summed E-state index contributed by atoms with van der Waals surface area (Å²) in [6, 6.07) is 20.0. The van der Waals surface area contributed by atoms with Gasteiger partial charge in [-0.3, -0.25) is 4.79 Å². The van der Waals surface area contributed by atoms with E-state index in [1.165, 1.54) is 5.56 Å². The molecule has 4 nitrogen and oxygen atoms in total. The van der Waals surface area contributed by atoms with Crippen LogP contribution in [-0.4, -0.2) is 22.4 Å². The number of para-hydroxylation sites is 1. The Hall–Kier alpha value is -2.88. The molecule has 0 saturated carbocycles. The second-order valence-corrected chi connectivity index (χ2v) is 5.62. The van der Waals surface area contributed by atoms with Gasteiger partial charge >= 0.3 is 5.97 Å². The van der Waals surface area contributed by atoms with Gasteiger partial charge in [-0.25, -0.2) is 4.68 Å². The van der Waals surface area contributed by atoms with E-state index in [1.54, 1.807) is 10.9 Å². The fourth-order valence-corrected chi connectivity index (χ4v) is 2.50. The van der Waals surface area contributed by atoms with Crippen molar-refractivity contribution in [2.24, 2.45) is 0 Å². The van der Waals surface area contributed by atoms with Crippen LogP contribution in [0.1, 0.15) is 17.5 Å². The van der Waals surface area contributed by atoms with Gasteiger partial charge in [-0.05, 0) is 30.5 Å². The lowest BCUT2D eigenvalue weighted by molar-refractivity contribution is -0.142. The summed E-state index contributed by atoms with van der Waals surface area (Å²) in [5.41, 5.74) is 3.09. The molecule has 1 heterocycles. The maximum Gasteiger partial charge on any atom is 0.310 e. The van der Waals surface area contributed by atoms with E-state index < -0.39 is 0 Å². The van der Waals surface area contributed by atoms with Crippen LogP contribution in [0.4, 0.5) is 0 Å². The summed E-state index contributed by atoms with van der Waals surface area (Å²) in [4.78, 5) is 11.9. The van der Waals surface area contributed by atoms with Gasteiger partial charge in [-0.1, -0.05) is 48.5 Å². The van der Waals surface area contributed by atoms with E-state index in [4.69, 9.17) is 4.74 Å². The van der Waals surface area contributed by atoms with Crippen molar-refractivity contribution in [3.63, 3.8) is 0 Å². The Labute approximate surface area is 141 Å². The summed E-state index contributed by atoms with van der Waals surface area (Å²) in [5, 5.41) is 4.28. The molecule has 0 atom stereocenters. The normalized spacial score (nSPS) is 10.5. The SMILES string of the molecule is O=C(Cc1cnn(-c2ccccc2)c1)OCCCc1ccccc1. The van der Waals surface area contributed by atoms with Gasteiger partial charge in [0.2, 0.25) is 0 Å². The molecule has 24 heavy (non-hydrogen) atoms. The Morgan fingerprint density at radius 2 is 1.67 bits per heavy atom. The maximum atomic E-state index is 11.9. The topological polar surface area (TPSA) is 44.1 Å². The summed E-state index contributed by atoms with van der Waals surface area (Å²) in [6.45, 7) is 0.445. The zero-order valence-corrected chi connectivity index (χ0v) is 13.5. The molecule has 0 N–H and O–H groups in total. The van der Waals surface area contributed by atoms with E-state index in [-0.39, 0.29) is 12.4 Å². The Bertz CT molecular complexity index is 767. The summed E-state index contributed by atoms with van der Waals surface area (Å²) >= 11 is 0. The van der Waals surface area contributed by atoms with Gasteiger partial charge < -0.3 is 4.74 Å². The largest absolute Gasteiger partial charge is 0.465 e. The van der Waals surface area contributed by atoms with Crippen LogP contribution in [0.3, 0.4) is 0 Å². The van der Waals surface area contributed by atoms with Crippen LogP contribution >= 0.6 is 0 Å². The van der Waals surface area contributed by atoms with Crippen LogP contribution in [0.25, 0.3) is 5.69 Å². The zero-order valence-electron chi connectivity index (χ0n) is 13.5. The molecule has 0 aliphatic carbocycles. The third kappa shape index (κ3) is 4.56. The average Bonchev–Trinajstić information content (AvgIpc) is 3.09. The van der Waals surface area contributed by atoms with Crippen LogP contribution in [0.2, 0.25) is 0 Å². The lowest BCUT2D eigenvalue weighted by atomic mass is 10.1. The Kier molecular flexibility index (Phi) is 5.40. The van der Waals surface area contributed by atoms with Crippen molar-refractivity contribution in [3.8, 4) is 5.69 Å². The first-order valence-corrected chi connectivity index (χ1v) is 8.10. The van der Waals surface area contributed by atoms with Crippen LogP contribution in [0.5, 0.6) is 0 Å². The number of ether oxygens (including phenoxy) is 1. The third-order valence-electron chi connectivity index (χ3n) is 3.72. The van der Waals surface area contributed by atoms with Crippen LogP contribution < -0.4 is 0 Å². The first-order valence-electron chi connectivity index (χ1n) is 8.10. The Morgan fingerprint density at radius 3 is 2.42 bits per heavy atom. The second kappa shape index (κ2) is 8.11. The van der Waals surface area contributed by atoms with Gasteiger partial charge in [0.1, 0.15) is 0 Å². The van der Waals surface area contributed by atoms with Crippen molar-refractivity contribution in [3.05, 3.63) is 84.2 Å². The van der Waals surface area contributed by atoms with Gasteiger partial charge in [0.15, 0.2) is 0 Å². The zero-order chi connectivity index (χ0) is 16.6. The standard InChI is InChI=1S/C20H20N2O2/c23-20(24-13-7-10-17-8-3-1-4-9-17)14-18-15-21-22(16-18)19-11-5-2-6-12-19/h1-6,8-9,11-12,15-16H,7,10,13-14H2. The van der Waals surface area contributed by atoms with E-state index in [0.717, 1.165) is 24.1 Å². The minimum atomic E-state index is -0.212. The van der Waals surface area contributed by atoms with Crippen molar-refractivity contribution in [2.75, 3.05) is 6.61 Å². The molecule has 0 bridgehead atoms. The van der Waals surface area contributed by atoms with Crippen LogP contribution in [-0.2, 0) is 22.4 Å². The van der Waals surface area contributed by atoms with E-state index in [0.29, 0.717) is 6.61 Å². The minimum absolute atomic E-state index is 0.212. The van der Waals surface area contributed by atoms with Crippen molar-refractivity contribution in [1.29, 1.82) is 0 Å². The van der Waals surface area contributed by atoms with Crippen molar-refractivity contribution < 1.29 is 9.53 Å².